The molecule has 0 aliphatic rings. The molecule has 0 aliphatic heterocycles. The number of nitrogens with one attached hydrogen (secondary N) is 1. The molecule has 2 aromatic rings. The average molecular weight is 205 g/mol. The van der Waals surface area contributed by atoms with E-state index < -0.39 is 0 Å². The van der Waals surface area contributed by atoms with Crippen molar-refractivity contribution in [2.24, 2.45) is 0 Å². The molecule has 0 saturated heterocycles. The molecular weight excluding hydrogens is 182 g/mol. The molecule has 84 valence electrons. The molecule has 1 heterocycles. The molecule has 1 N–H and O–H groups in total. The maximum atomic E-state index is 3.39. The van der Waals surface area contributed by atoms with Crippen molar-refractivity contribution in [2.75, 3.05) is 0 Å². The second-order valence-electron chi connectivity index (χ2n) is 3.95. The number of fused-ring (bicyclic) bond motifs is 1. The molecule has 0 saturated carbocycles. The molecule has 1 heteroatoms. The van der Waals surface area contributed by atoms with Gasteiger partial charge in [0.05, 0.1) is 0 Å². The van der Waals surface area contributed by atoms with Crippen LogP contribution in [0.3, 0.4) is 0 Å². The van der Waals surface area contributed by atoms with Crippen LogP contribution in [0.2, 0.25) is 0 Å². The number of rotatable bonds is 1. The highest BCUT2D eigenvalue weighted by atomic mass is 14.7. The van der Waals surface area contributed by atoms with E-state index in [1.165, 1.54) is 28.6 Å². The van der Waals surface area contributed by atoms with Gasteiger partial charge in [0.15, 0.2) is 0 Å². The smallest absolute Gasteiger partial charge is 0.0458 e. The normalized spacial score (nSPS) is 9.87. The first kappa shape index (κ1) is 11.8. The lowest BCUT2D eigenvalue weighted by Crippen LogP contribution is -1.75. The van der Waals surface area contributed by atoms with E-state index in [1.807, 2.05) is 0 Å². The van der Waals surface area contributed by atoms with E-state index in [1.54, 1.807) is 0 Å². The average Bonchev–Trinajstić information content (AvgIpc) is 2.61. The van der Waals surface area contributed by atoms with Crippen molar-refractivity contribution in [2.45, 2.75) is 40.5 Å². The summed E-state index contributed by atoms with van der Waals surface area (Å²) in [4.78, 5) is 3.39. The van der Waals surface area contributed by atoms with Gasteiger partial charge in [-0.25, -0.2) is 0 Å². The molecule has 2 rings (SSSR count). The Hall–Kier alpha value is -1.24. The lowest BCUT2D eigenvalue weighted by atomic mass is 10.2. The Balaban J connectivity index is 0.000000511. The van der Waals surface area contributed by atoms with Crippen molar-refractivity contribution in [3.05, 3.63) is 35.5 Å². The SMILES string of the molecule is CCC.CCc1cc2ccc(C)cc2[nH]1.[HH]. The van der Waals surface area contributed by atoms with Gasteiger partial charge in [-0.05, 0) is 36.4 Å². The lowest BCUT2D eigenvalue weighted by molar-refractivity contribution is 1.07. The zero-order valence-corrected chi connectivity index (χ0v) is 10.2. The third-order valence-electron chi connectivity index (χ3n) is 2.21. The Bertz CT molecular complexity index is 418. The van der Waals surface area contributed by atoms with Gasteiger partial charge in [0.25, 0.3) is 0 Å². The molecule has 0 radical (unpaired) electrons. The number of benzene rings is 1. The van der Waals surface area contributed by atoms with Crippen LogP contribution in [-0.4, -0.2) is 4.98 Å². The van der Waals surface area contributed by atoms with Crippen LogP contribution < -0.4 is 0 Å². The number of aryl methyl sites for hydroxylation is 2. The van der Waals surface area contributed by atoms with Gasteiger partial charge in [0, 0.05) is 12.6 Å². The van der Waals surface area contributed by atoms with E-state index in [0.29, 0.717) is 0 Å². The highest BCUT2D eigenvalue weighted by molar-refractivity contribution is 5.80. The second kappa shape index (κ2) is 5.59. The molecule has 1 aromatic heterocycles. The molecular formula is C14H23N. The van der Waals surface area contributed by atoms with Crippen molar-refractivity contribution in [1.29, 1.82) is 0 Å². The van der Waals surface area contributed by atoms with Crippen LogP contribution in [0.15, 0.2) is 24.3 Å². The Morgan fingerprint density at radius 3 is 2.40 bits per heavy atom. The topological polar surface area (TPSA) is 15.8 Å². The standard InChI is InChI=1S/C11H13N.C3H8.H2/c1-3-10-7-9-5-4-8(2)6-11(9)12-10;1-3-2;/h4-7,12H,3H2,1-2H3;3H2,1-2H3;1H. The van der Waals surface area contributed by atoms with Crippen LogP contribution in [0, 0.1) is 6.92 Å². The minimum Gasteiger partial charge on any atom is -0.358 e. The molecule has 0 amide bonds. The monoisotopic (exact) mass is 205 g/mol. The number of hydrogen-bond donors (Lipinski definition) is 1. The fourth-order valence-electron chi connectivity index (χ4n) is 1.49. The van der Waals surface area contributed by atoms with Crippen LogP contribution in [0.4, 0.5) is 0 Å². The van der Waals surface area contributed by atoms with Crippen LogP contribution in [0.25, 0.3) is 10.9 Å². The lowest BCUT2D eigenvalue weighted by Gasteiger charge is -1.91. The highest BCUT2D eigenvalue weighted by Gasteiger charge is 1.97. The van der Waals surface area contributed by atoms with Crippen molar-refractivity contribution in [3.63, 3.8) is 0 Å². The van der Waals surface area contributed by atoms with Gasteiger partial charge in [0.2, 0.25) is 0 Å². The number of H-pyrrole nitrogens is 1. The van der Waals surface area contributed by atoms with Gasteiger partial charge < -0.3 is 4.98 Å². The van der Waals surface area contributed by atoms with Gasteiger partial charge in [-0.2, -0.15) is 0 Å². The minimum absolute atomic E-state index is 0. The van der Waals surface area contributed by atoms with E-state index in [-0.39, 0.29) is 1.43 Å². The summed E-state index contributed by atoms with van der Waals surface area (Å²) in [6, 6.07) is 8.72. The Morgan fingerprint density at radius 2 is 1.80 bits per heavy atom. The number of hydrogen-bond acceptors (Lipinski definition) is 0. The van der Waals surface area contributed by atoms with E-state index >= 15 is 0 Å². The Labute approximate surface area is 94.0 Å². The predicted molar refractivity (Wildman–Crippen MR) is 70.5 cm³/mol. The van der Waals surface area contributed by atoms with Gasteiger partial charge in [-0.1, -0.05) is 39.3 Å². The molecule has 15 heavy (non-hydrogen) atoms. The first-order chi connectivity index (χ1) is 7.21. The minimum atomic E-state index is 0. The first-order valence-electron chi connectivity index (χ1n) is 5.79. The summed E-state index contributed by atoms with van der Waals surface area (Å²) in [5.41, 5.74) is 3.88. The molecule has 0 atom stereocenters. The summed E-state index contributed by atoms with van der Waals surface area (Å²) in [6.07, 6.45) is 2.33. The Morgan fingerprint density at radius 1 is 1.13 bits per heavy atom. The summed E-state index contributed by atoms with van der Waals surface area (Å²) in [6.45, 7) is 8.53. The maximum absolute atomic E-state index is 3.39. The van der Waals surface area contributed by atoms with Gasteiger partial charge in [-0.15, -0.1) is 0 Å². The zero-order chi connectivity index (χ0) is 11.3. The van der Waals surface area contributed by atoms with Crippen LogP contribution in [0.5, 0.6) is 0 Å². The highest BCUT2D eigenvalue weighted by Crippen LogP contribution is 2.16. The molecule has 1 aromatic carbocycles. The first-order valence-corrected chi connectivity index (χ1v) is 5.79. The second-order valence-corrected chi connectivity index (χ2v) is 3.95. The molecule has 0 unspecified atom stereocenters. The predicted octanol–water partition coefficient (Wildman–Crippen LogP) is 4.70. The van der Waals surface area contributed by atoms with Gasteiger partial charge in [0.1, 0.15) is 0 Å². The summed E-state index contributed by atoms with van der Waals surface area (Å²) in [7, 11) is 0. The van der Waals surface area contributed by atoms with E-state index in [9.17, 15) is 0 Å². The number of aromatic amines is 1. The van der Waals surface area contributed by atoms with Crippen molar-refractivity contribution in [1.82, 2.24) is 4.98 Å². The van der Waals surface area contributed by atoms with E-state index in [2.05, 4.69) is 56.9 Å². The van der Waals surface area contributed by atoms with Crippen LogP contribution in [0.1, 0.15) is 39.9 Å². The quantitative estimate of drug-likeness (QED) is 0.694. The fourth-order valence-corrected chi connectivity index (χ4v) is 1.49. The zero-order valence-electron chi connectivity index (χ0n) is 10.2. The summed E-state index contributed by atoms with van der Waals surface area (Å²) in [5, 5.41) is 1.32. The fraction of sp³-hybridized carbons (Fsp3) is 0.429. The molecule has 1 nitrogen and oxygen atoms in total. The third-order valence-corrected chi connectivity index (χ3v) is 2.21. The number of aromatic nitrogens is 1. The largest absolute Gasteiger partial charge is 0.358 e. The van der Waals surface area contributed by atoms with E-state index in [0.717, 1.165) is 6.42 Å². The van der Waals surface area contributed by atoms with Crippen LogP contribution >= 0.6 is 0 Å². The summed E-state index contributed by atoms with van der Waals surface area (Å²) >= 11 is 0. The van der Waals surface area contributed by atoms with Crippen molar-refractivity contribution < 1.29 is 1.43 Å². The molecule has 0 aliphatic carbocycles. The van der Waals surface area contributed by atoms with Crippen molar-refractivity contribution in [3.8, 4) is 0 Å². The van der Waals surface area contributed by atoms with E-state index in [4.69, 9.17) is 0 Å². The molecule has 0 bridgehead atoms. The third kappa shape index (κ3) is 3.12. The van der Waals surface area contributed by atoms with Crippen molar-refractivity contribution >= 4 is 10.9 Å². The summed E-state index contributed by atoms with van der Waals surface area (Å²) < 4.78 is 0. The van der Waals surface area contributed by atoms with Crippen LogP contribution in [-0.2, 0) is 6.42 Å². The van der Waals surface area contributed by atoms with Gasteiger partial charge >= 0.3 is 0 Å². The molecule has 0 spiro atoms. The van der Waals surface area contributed by atoms with Gasteiger partial charge in [-0.3, -0.25) is 0 Å². The summed E-state index contributed by atoms with van der Waals surface area (Å²) in [5.74, 6) is 0. The molecule has 0 fully saturated rings. The Kier molecular flexibility index (Phi) is 4.41. The maximum Gasteiger partial charge on any atom is 0.0458 e.